The maximum atomic E-state index is 12.2. The summed E-state index contributed by atoms with van der Waals surface area (Å²) in [6.45, 7) is 10.9. The summed E-state index contributed by atoms with van der Waals surface area (Å²) in [5.74, 6) is -0.239. The van der Waals surface area contributed by atoms with E-state index in [1.165, 1.54) is 11.8 Å². The third-order valence-electron chi connectivity index (χ3n) is 8.10. The number of aryl methyl sites for hydroxylation is 2. The smallest absolute Gasteiger partial charge is 0.247 e. The lowest BCUT2D eigenvalue weighted by molar-refractivity contribution is -0.111. The second-order valence-electron chi connectivity index (χ2n) is 11.0. The monoisotopic (exact) mass is 545 g/mol. The van der Waals surface area contributed by atoms with E-state index in [2.05, 4.69) is 82.0 Å². The molecule has 0 saturated carbocycles. The molecule has 0 radical (unpaired) electrons. The standard InChI is InChI=1S/C33H35N7O/c1-6-30(41)36-28-16-24(8-7-21(28)2)31-27-15-25(29-19-38(4)20-35-29)17-34-33(27)37-32(31)23-9-11-26(12-10-23)40-14-13-39(5)22(3)18-40/h6-12,15-17,19-20,22H,1,13-14,18H2,2-5H3,(H,34,37)(H,36,41)/t22-/m0/s1. The van der Waals surface area contributed by atoms with Crippen molar-refractivity contribution >= 4 is 28.3 Å². The zero-order valence-corrected chi connectivity index (χ0v) is 24.0. The minimum atomic E-state index is -0.239. The summed E-state index contributed by atoms with van der Waals surface area (Å²) in [6.07, 6.45) is 6.93. The number of nitrogens with zero attached hydrogens (tertiary/aromatic N) is 5. The summed E-state index contributed by atoms with van der Waals surface area (Å²) < 4.78 is 1.93. The Morgan fingerprint density at radius 2 is 1.83 bits per heavy atom. The number of amides is 1. The number of rotatable bonds is 6. The van der Waals surface area contributed by atoms with Crippen LogP contribution < -0.4 is 10.2 Å². The van der Waals surface area contributed by atoms with Crippen molar-refractivity contribution in [1.82, 2.24) is 24.4 Å². The van der Waals surface area contributed by atoms with Gasteiger partial charge in [0.2, 0.25) is 5.91 Å². The summed E-state index contributed by atoms with van der Waals surface area (Å²) in [5, 5.41) is 3.95. The lowest BCUT2D eigenvalue weighted by Gasteiger charge is -2.39. The number of carbonyl (C=O) groups is 1. The van der Waals surface area contributed by atoms with Gasteiger partial charge in [-0.05, 0) is 67.9 Å². The van der Waals surface area contributed by atoms with E-state index in [0.717, 1.165) is 75.6 Å². The van der Waals surface area contributed by atoms with Crippen molar-refractivity contribution in [3.8, 4) is 33.6 Å². The number of aromatic amines is 1. The number of hydrogen-bond acceptors (Lipinski definition) is 5. The molecule has 1 fully saturated rings. The molecule has 0 bridgehead atoms. The van der Waals surface area contributed by atoms with E-state index >= 15 is 0 Å². The molecular formula is C33H35N7O. The highest BCUT2D eigenvalue weighted by Crippen LogP contribution is 2.40. The molecule has 6 rings (SSSR count). The van der Waals surface area contributed by atoms with E-state index in [9.17, 15) is 4.79 Å². The van der Waals surface area contributed by atoms with Crippen LogP contribution in [0.4, 0.5) is 11.4 Å². The summed E-state index contributed by atoms with van der Waals surface area (Å²) in [7, 11) is 4.15. The lowest BCUT2D eigenvalue weighted by atomic mass is 9.96. The second-order valence-corrected chi connectivity index (χ2v) is 11.0. The van der Waals surface area contributed by atoms with Crippen LogP contribution in [0.3, 0.4) is 0 Å². The number of H-pyrrole nitrogens is 1. The van der Waals surface area contributed by atoms with Crippen LogP contribution in [-0.2, 0) is 11.8 Å². The molecule has 3 aromatic heterocycles. The molecule has 208 valence electrons. The van der Waals surface area contributed by atoms with Crippen LogP contribution in [-0.4, -0.2) is 63.0 Å². The van der Waals surface area contributed by atoms with E-state index in [-0.39, 0.29) is 5.91 Å². The maximum Gasteiger partial charge on any atom is 0.247 e. The molecule has 8 nitrogen and oxygen atoms in total. The first-order chi connectivity index (χ1) is 19.8. The zero-order chi connectivity index (χ0) is 28.7. The Balaban J connectivity index is 1.47. The Morgan fingerprint density at radius 1 is 1.05 bits per heavy atom. The van der Waals surface area contributed by atoms with Gasteiger partial charge in [-0.3, -0.25) is 4.79 Å². The van der Waals surface area contributed by atoms with Crippen LogP contribution in [0.1, 0.15) is 12.5 Å². The largest absolute Gasteiger partial charge is 0.369 e. The minimum absolute atomic E-state index is 0.239. The quantitative estimate of drug-likeness (QED) is 0.261. The molecule has 0 spiro atoms. The van der Waals surface area contributed by atoms with Crippen LogP contribution in [0.2, 0.25) is 0 Å². The number of pyridine rings is 1. The number of fused-ring (bicyclic) bond motifs is 1. The predicted molar refractivity (Wildman–Crippen MR) is 167 cm³/mol. The molecule has 1 saturated heterocycles. The fraction of sp³-hybridized carbons (Fsp3) is 0.242. The molecule has 0 unspecified atom stereocenters. The van der Waals surface area contributed by atoms with Crippen LogP contribution >= 0.6 is 0 Å². The number of piperazine rings is 1. The van der Waals surface area contributed by atoms with Gasteiger partial charge >= 0.3 is 0 Å². The first-order valence-corrected chi connectivity index (χ1v) is 13.9. The van der Waals surface area contributed by atoms with Gasteiger partial charge in [0.25, 0.3) is 0 Å². The number of benzene rings is 2. The third kappa shape index (κ3) is 5.14. The third-order valence-corrected chi connectivity index (χ3v) is 8.10. The number of likely N-dealkylation sites (N-methyl/N-ethyl adjacent to an activating group) is 1. The average Bonchev–Trinajstić information content (AvgIpc) is 3.59. The molecule has 1 amide bonds. The van der Waals surface area contributed by atoms with Crippen LogP contribution in [0.15, 0.2) is 79.9 Å². The van der Waals surface area contributed by atoms with Gasteiger partial charge in [-0.25, -0.2) is 9.97 Å². The first kappa shape index (κ1) is 26.5. The van der Waals surface area contributed by atoms with Crippen molar-refractivity contribution in [2.75, 3.05) is 36.9 Å². The van der Waals surface area contributed by atoms with Crippen molar-refractivity contribution in [2.45, 2.75) is 19.9 Å². The molecule has 1 aliphatic heterocycles. The Kier molecular flexibility index (Phi) is 6.93. The van der Waals surface area contributed by atoms with Gasteiger partial charge < -0.3 is 24.7 Å². The SMILES string of the molecule is C=CC(=O)Nc1cc(-c2c(-c3ccc(N4CCN(C)[C@@H](C)C4)cc3)[nH]c3ncc(-c4cn(C)cn4)cc23)ccc1C. The molecule has 2 aromatic carbocycles. The van der Waals surface area contributed by atoms with Crippen LogP contribution in [0, 0.1) is 6.92 Å². The number of anilines is 2. The van der Waals surface area contributed by atoms with Gasteiger partial charge in [-0.15, -0.1) is 0 Å². The summed E-state index contributed by atoms with van der Waals surface area (Å²) >= 11 is 0. The number of imidazole rings is 1. The van der Waals surface area contributed by atoms with Crippen molar-refractivity contribution in [2.24, 2.45) is 7.05 Å². The number of hydrogen-bond donors (Lipinski definition) is 2. The van der Waals surface area contributed by atoms with Gasteiger partial charge in [0.15, 0.2) is 0 Å². The predicted octanol–water partition coefficient (Wildman–Crippen LogP) is 5.87. The number of carbonyl (C=O) groups excluding carboxylic acids is 1. The molecular weight excluding hydrogens is 510 g/mol. The van der Waals surface area contributed by atoms with E-state index < -0.39 is 0 Å². The average molecular weight is 546 g/mol. The van der Waals surface area contributed by atoms with Crippen LogP contribution in [0.25, 0.3) is 44.7 Å². The summed E-state index contributed by atoms with van der Waals surface area (Å²) in [4.78, 5) is 30.0. The maximum absolute atomic E-state index is 12.2. The Bertz CT molecular complexity index is 1750. The molecule has 1 atom stereocenters. The molecule has 5 aromatic rings. The molecule has 8 heteroatoms. The molecule has 0 aliphatic carbocycles. The molecule has 1 aliphatic rings. The summed E-state index contributed by atoms with van der Waals surface area (Å²) in [5.41, 5.74) is 9.61. The van der Waals surface area contributed by atoms with Crippen molar-refractivity contribution < 1.29 is 4.79 Å². The minimum Gasteiger partial charge on any atom is -0.369 e. The Hall–Kier alpha value is -4.69. The zero-order valence-electron chi connectivity index (χ0n) is 24.0. The number of nitrogens with one attached hydrogen (secondary N) is 2. The van der Waals surface area contributed by atoms with Crippen LogP contribution in [0.5, 0.6) is 0 Å². The highest BCUT2D eigenvalue weighted by Gasteiger charge is 2.22. The van der Waals surface area contributed by atoms with Gasteiger partial charge in [0.05, 0.1) is 17.7 Å². The van der Waals surface area contributed by atoms with E-state index in [1.54, 1.807) is 6.33 Å². The van der Waals surface area contributed by atoms with Gasteiger partial charge in [-0.1, -0.05) is 30.8 Å². The lowest BCUT2D eigenvalue weighted by Crippen LogP contribution is -2.50. The second kappa shape index (κ2) is 10.7. The Labute approximate surface area is 240 Å². The molecule has 41 heavy (non-hydrogen) atoms. The van der Waals surface area contributed by atoms with Crippen molar-refractivity contribution in [3.05, 3.63) is 85.5 Å². The van der Waals surface area contributed by atoms with Gasteiger partial charge in [0, 0.05) is 73.0 Å². The summed E-state index contributed by atoms with van der Waals surface area (Å²) in [6, 6.07) is 17.6. The molecule has 2 N–H and O–H groups in total. The normalized spacial score (nSPS) is 15.8. The van der Waals surface area contributed by atoms with E-state index in [1.807, 2.05) is 43.1 Å². The molecule has 4 heterocycles. The first-order valence-electron chi connectivity index (χ1n) is 13.9. The van der Waals surface area contributed by atoms with Crippen molar-refractivity contribution in [1.29, 1.82) is 0 Å². The topological polar surface area (TPSA) is 82.1 Å². The highest BCUT2D eigenvalue weighted by atomic mass is 16.1. The fourth-order valence-electron chi connectivity index (χ4n) is 5.51. The number of aromatic nitrogens is 4. The van der Waals surface area contributed by atoms with E-state index in [4.69, 9.17) is 4.98 Å². The highest BCUT2D eigenvalue weighted by molar-refractivity contribution is 6.05. The van der Waals surface area contributed by atoms with E-state index in [0.29, 0.717) is 6.04 Å². The van der Waals surface area contributed by atoms with Crippen molar-refractivity contribution in [3.63, 3.8) is 0 Å². The van der Waals surface area contributed by atoms with Gasteiger partial charge in [0.1, 0.15) is 5.65 Å². The Morgan fingerprint density at radius 3 is 2.54 bits per heavy atom. The fourth-order valence-corrected chi connectivity index (χ4v) is 5.51. The van der Waals surface area contributed by atoms with Gasteiger partial charge in [-0.2, -0.15) is 0 Å².